The molecule has 1 aromatic rings. The van der Waals surface area contributed by atoms with Crippen molar-refractivity contribution in [3.8, 4) is 0 Å². The highest BCUT2D eigenvalue weighted by Gasteiger charge is 2.22. The highest BCUT2D eigenvalue weighted by molar-refractivity contribution is 5.06. The molecule has 2 rings (SSSR count). The van der Waals surface area contributed by atoms with Crippen LogP contribution in [0.25, 0.3) is 0 Å². The van der Waals surface area contributed by atoms with Crippen LogP contribution in [0.1, 0.15) is 31.0 Å². The van der Waals surface area contributed by atoms with Crippen LogP contribution in [0.15, 0.2) is 12.3 Å². The first-order valence-electron chi connectivity index (χ1n) is 5.37. The van der Waals surface area contributed by atoms with E-state index in [0.717, 1.165) is 31.6 Å². The third-order valence-electron chi connectivity index (χ3n) is 2.94. The molecule has 0 aliphatic carbocycles. The van der Waals surface area contributed by atoms with Crippen molar-refractivity contribution >= 4 is 0 Å². The molecule has 0 radical (unpaired) electrons. The minimum Gasteiger partial charge on any atom is -0.378 e. The van der Waals surface area contributed by atoms with E-state index in [2.05, 4.69) is 10.5 Å². The van der Waals surface area contributed by atoms with Crippen LogP contribution in [0.4, 0.5) is 0 Å². The van der Waals surface area contributed by atoms with Gasteiger partial charge in [0.1, 0.15) is 0 Å². The van der Waals surface area contributed by atoms with Crippen molar-refractivity contribution < 1.29 is 4.74 Å². The van der Waals surface area contributed by atoms with Crippen LogP contribution >= 0.6 is 0 Å². The Morgan fingerprint density at radius 3 is 3.20 bits per heavy atom. The summed E-state index contributed by atoms with van der Waals surface area (Å²) in [5.41, 5.74) is 3.94. The zero-order valence-electron chi connectivity index (χ0n) is 9.02. The first kappa shape index (κ1) is 10.6. The van der Waals surface area contributed by atoms with Gasteiger partial charge in [-0.3, -0.25) is 16.0 Å². The molecule has 0 amide bonds. The van der Waals surface area contributed by atoms with E-state index in [4.69, 9.17) is 10.6 Å². The van der Waals surface area contributed by atoms with Crippen molar-refractivity contribution in [2.45, 2.75) is 31.4 Å². The number of aryl methyl sites for hydroxylation is 1. The Morgan fingerprint density at radius 1 is 1.80 bits per heavy atom. The van der Waals surface area contributed by atoms with Crippen molar-refractivity contribution in [2.75, 3.05) is 6.61 Å². The Balaban J connectivity index is 2.00. The molecule has 1 aromatic heterocycles. The van der Waals surface area contributed by atoms with Crippen molar-refractivity contribution in [3.05, 3.63) is 18.0 Å². The first-order valence-corrected chi connectivity index (χ1v) is 5.37. The molecule has 2 heterocycles. The number of hydrogen-bond donors (Lipinski definition) is 2. The first-order chi connectivity index (χ1) is 7.31. The molecular weight excluding hydrogens is 192 g/mol. The Labute approximate surface area is 89.6 Å². The van der Waals surface area contributed by atoms with Gasteiger partial charge in [0.2, 0.25) is 0 Å². The van der Waals surface area contributed by atoms with Crippen molar-refractivity contribution in [3.63, 3.8) is 0 Å². The molecule has 1 aliphatic rings. The van der Waals surface area contributed by atoms with E-state index in [1.165, 1.54) is 0 Å². The third kappa shape index (κ3) is 2.37. The quantitative estimate of drug-likeness (QED) is 0.561. The van der Waals surface area contributed by atoms with E-state index in [1.54, 1.807) is 6.20 Å². The van der Waals surface area contributed by atoms with Gasteiger partial charge in [0, 0.05) is 19.9 Å². The average molecular weight is 210 g/mol. The van der Waals surface area contributed by atoms with Crippen LogP contribution in [0, 0.1) is 0 Å². The predicted octanol–water partition coefficient (Wildman–Crippen LogP) is 0.494. The lowest BCUT2D eigenvalue weighted by atomic mass is 10.0. The molecule has 5 heteroatoms. The lowest BCUT2D eigenvalue weighted by Gasteiger charge is -2.19. The second-order valence-corrected chi connectivity index (χ2v) is 3.97. The van der Waals surface area contributed by atoms with Gasteiger partial charge < -0.3 is 4.74 Å². The summed E-state index contributed by atoms with van der Waals surface area (Å²) >= 11 is 0. The number of nitrogens with zero attached hydrogens (tertiary/aromatic N) is 2. The van der Waals surface area contributed by atoms with E-state index in [9.17, 15) is 0 Å². The fourth-order valence-electron chi connectivity index (χ4n) is 2.09. The van der Waals surface area contributed by atoms with Crippen LogP contribution in [0.5, 0.6) is 0 Å². The number of rotatable bonds is 4. The molecule has 1 saturated heterocycles. The lowest BCUT2D eigenvalue weighted by Crippen LogP contribution is -2.32. The number of hydrazine groups is 1. The Morgan fingerprint density at radius 2 is 2.67 bits per heavy atom. The molecule has 2 unspecified atom stereocenters. The lowest BCUT2D eigenvalue weighted by molar-refractivity contribution is 0.0937. The predicted molar refractivity (Wildman–Crippen MR) is 56.9 cm³/mol. The number of aromatic nitrogens is 2. The summed E-state index contributed by atoms with van der Waals surface area (Å²) in [7, 11) is 1.93. The van der Waals surface area contributed by atoms with Gasteiger partial charge in [0.15, 0.2) is 0 Å². The zero-order chi connectivity index (χ0) is 10.7. The maximum Gasteiger partial charge on any atom is 0.0653 e. The second kappa shape index (κ2) is 4.74. The molecule has 84 valence electrons. The maximum atomic E-state index is 5.60. The zero-order valence-corrected chi connectivity index (χ0v) is 9.02. The molecule has 3 N–H and O–H groups in total. The minimum atomic E-state index is 0.126. The van der Waals surface area contributed by atoms with Gasteiger partial charge in [-0.25, -0.2) is 0 Å². The second-order valence-electron chi connectivity index (χ2n) is 3.97. The van der Waals surface area contributed by atoms with Crippen LogP contribution in [-0.2, 0) is 11.8 Å². The van der Waals surface area contributed by atoms with Crippen LogP contribution < -0.4 is 11.3 Å². The Hall–Kier alpha value is -0.910. The number of nitrogens with two attached hydrogens (primary N) is 1. The molecule has 1 fully saturated rings. The number of hydrogen-bond acceptors (Lipinski definition) is 4. The van der Waals surface area contributed by atoms with Crippen LogP contribution in [-0.4, -0.2) is 22.5 Å². The monoisotopic (exact) mass is 210 g/mol. The highest BCUT2D eigenvalue weighted by Crippen LogP contribution is 2.23. The number of nitrogens with one attached hydrogen (secondary N) is 1. The fourth-order valence-corrected chi connectivity index (χ4v) is 2.09. The molecule has 0 spiro atoms. The largest absolute Gasteiger partial charge is 0.378 e. The van der Waals surface area contributed by atoms with Crippen molar-refractivity contribution in [2.24, 2.45) is 12.9 Å². The third-order valence-corrected chi connectivity index (χ3v) is 2.94. The maximum absolute atomic E-state index is 5.60. The minimum absolute atomic E-state index is 0.126. The van der Waals surface area contributed by atoms with Gasteiger partial charge in [0.25, 0.3) is 0 Å². The molecule has 15 heavy (non-hydrogen) atoms. The Kier molecular flexibility index (Phi) is 3.35. The molecule has 0 bridgehead atoms. The fraction of sp³-hybridized carbons (Fsp3) is 0.700. The van der Waals surface area contributed by atoms with Gasteiger partial charge in [-0.2, -0.15) is 5.10 Å². The summed E-state index contributed by atoms with van der Waals surface area (Å²) in [5, 5.41) is 4.14. The highest BCUT2D eigenvalue weighted by atomic mass is 16.5. The van der Waals surface area contributed by atoms with Gasteiger partial charge in [-0.05, 0) is 25.3 Å². The molecule has 5 nitrogen and oxygen atoms in total. The van der Waals surface area contributed by atoms with E-state index in [1.807, 2.05) is 17.8 Å². The summed E-state index contributed by atoms with van der Waals surface area (Å²) in [6, 6.07) is 2.11. The van der Waals surface area contributed by atoms with E-state index in [-0.39, 0.29) is 6.04 Å². The molecule has 1 aliphatic heterocycles. The summed E-state index contributed by atoms with van der Waals surface area (Å²) in [4.78, 5) is 0. The molecule has 0 aromatic carbocycles. The van der Waals surface area contributed by atoms with E-state index >= 15 is 0 Å². The van der Waals surface area contributed by atoms with E-state index < -0.39 is 0 Å². The smallest absolute Gasteiger partial charge is 0.0653 e. The van der Waals surface area contributed by atoms with Crippen LogP contribution in [0.3, 0.4) is 0 Å². The van der Waals surface area contributed by atoms with Crippen LogP contribution in [0.2, 0.25) is 0 Å². The summed E-state index contributed by atoms with van der Waals surface area (Å²) in [6.07, 6.45) is 5.33. The topological polar surface area (TPSA) is 65.1 Å². The van der Waals surface area contributed by atoms with Crippen molar-refractivity contribution in [1.29, 1.82) is 0 Å². The number of ether oxygens (including phenoxy) is 1. The van der Waals surface area contributed by atoms with E-state index in [0.29, 0.717) is 6.10 Å². The van der Waals surface area contributed by atoms with Crippen molar-refractivity contribution in [1.82, 2.24) is 15.2 Å². The summed E-state index contributed by atoms with van der Waals surface area (Å²) in [5.74, 6) is 5.56. The van der Waals surface area contributed by atoms with Gasteiger partial charge >= 0.3 is 0 Å². The molecule has 0 saturated carbocycles. The summed E-state index contributed by atoms with van der Waals surface area (Å²) < 4.78 is 7.44. The average Bonchev–Trinajstić information content (AvgIpc) is 2.85. The standard InChI is InChI=1S/C10H18N4O/c1-14-10(4-5-12-14)9(13-11)7-8-3-2-6-15-8/h4-5,8-9,13H,2-3,6-7,11H2,1H3. The Bertz CT molecular complexity index is 306. The SMILES string of the molecule is Cn1nccc1C(CC1CCCO1)NN. The molecular formula is C10H18N4O. The van der Waals surface area contributed by atoms with Gasteiger partial charge in [-0.1, -0.05) is 0 Å². The molecule has 2 atom stereocenters. The summed E-state index contributed by atoms with van der Waals surface area (Å²) in [6.45, 7) is 0.882. The van der Waals surface area contributed by atoms with Gasteiger partial charge in [0.05, 0.1) is 17.8 Å². The van der Waals surface area contributed by atoms with Gasteiger partial charge in [-0.15, -0.1) is 0 Å². The normalized spacial score (nSPS) is 23.2.